The molecule has 1 saturated heterocycles. The number of aromatic nitrogens is 2. The number of anilines is 1. The molecule has 2 heterocycles. The van der Waals surface area contributed by atoms with Crippen LogP contribution in [0.15, 0.2) is 60.9 Å². The van der Waals surface area contributed by atoms with Crippen molar-refractivity contribution in [1.82, 2.24) is 14.9 Å². The monoisotopic (exact) mass is 468 g/mol. The Morgan fingerprint density at radius 3 is 2.67 bits per heavy atom. The number of benzene rings is 2. The maximum atomic E-state index is 14.1. The van der Waals surface area contributed by atoms with Crippen LogP contribution in [0.25, 0.3) is 0 Å². The van der Waals surface area contributed by atoms with E-state index in [2.05, 4.69) is 14.9 Å². The Bertz CT molecular complexity index is 1110. The third kappa shape index (κ3) is 5.25. The number of carbonyl (C=O) groups is 1. The predicted molar refractivity (Wildman–Crippen MR) is 126 cm³/mol. The topological polar surface area (TPSA) is 58.6 Å². The molecular formula is C25H26ClFN4O2. The first-order valence-electron chi connectivity index (χ1n) is 11.0. The molecule has 8 heteroatoms. The van der Waals surface area contributed by atoms with Gasteiger partial charge >= 0.3 is 0 Å². The highest BCUT2D eigenvalue weighted by Crippen LogP contribution is 2.29. The average Bonchev–Trinajstić information content (AvgIpc) is 2.82. The van der Waals surface area contributed by atoms with Gasteiger partial charge in [0.2, 0.25) is 11.8 Å². The molecule has 33 heavy (non-hydrogen) atoms. The van der Waals surface area contributed by atoms with E-state index in [4.69, 9.17) is 16.3 Å². The number of halogens is 2. The van der Waals surface area contributed by atoms with E-state index in [0.29, 0.717) is 30.5 Å². The molecule has 0 N–H and O–H groups in total. The van der Waals surface area contributed by atoms with Crippen LogP contribution in [-0.2, 0) is 4.79 Å². The first kappa shape index (κ1) is 23.0. The zero-order valence-electron chi connectivity index (χ0n) is 18.6. The summed E-state index contributed by atoms with van der Waals surface area (Å²) in [6, 6.07) is 15.8. The minimum atomic E-state index is -0.563. The highest BCUT2D eigenvalue weighted by Gasteiger charge is 2.32. The average molecular weight is 469 g/mol. The fraction of sp³-hybridized carbons (Fsp3) is 0.320. The molecule has 1 aromatic heterocycles. The van der Waals surface area contributed by atoms with Crippen LogP contribution in [0.5, 0.6) is 11.6 Å². The molecule has 2 atom stereocenters. The lowest BCUT2D eigenvalue weighted by molar-refractivity contribution is -0.135. The van der Waals surface area contributed by atoms with Crippen molar-refractivity contribution >= 4 is 23.3 Å². The van der Waals surface area contributed by atoms with Crippen molar-refractivity contribution < 1.29 is 13.9 Å². The first-order chi connectivity index (χ1) is 16.0. The largest absolute Gasteiger partial charge is 0.436 e. The lowest BCUT2D eigenvalue weighted by Crippen LogP contribution is -2.55. The molecule has 1 amide bonds. The normalized spacial score (nSPS) is 17.0. The van der Waals surface area contributed by atoms with Crippen molar-refractivity contribution in [1.29, 1.82) is 0 Å². The van der Waals surface area contributed by atoms with E-state index >= 15 is 0 Å². The van der Waals surface area contributed by atoms with Crippen molar-refractivity contribution in [3.8, 4) is 11.6 Å². The summed E-state index contributed by atoms with van der Waals surface area (Å²) in [6.45, 7) is 5.94. The maximum absolute atomic E-state index is 14.1. The molecule has 1 aliphatic heterocycles. The third-order valence-corrected chi connectivity index (χ3v) is 6.11. The number of carbonyl (C=O) groups excluding carboxylic acids is 1. The van der Waals surface area contributed by atoms with Gasteiger partial charge in [0.1, 0.15) is 12.1 Å². The second-order valence-electron chi connectivity index (χ2n) is 8.09. The molecule has 6 nitrogen and oxygen atoms in total. The number of rotatable bonds is 6. The van der Waals surface area contributed by atoms with Gasteiger partial charge in [-0.25, -0.2) is 14.4 Å². The smallest absolute Gasteiger partial charge is 0.230 e. The van der Waals surface area contributed by atoms with E-state index in [-0.39, 0.29) is 29.5 Å². The summed E-state index contributed by atoms with van der Waals surface area (Å²) in [6.07, 6.45) is 2.15. The lowest BCUT2D eigenvalue weighted by atomic mass is 9.94. The Labute approximate surface area is 198 Å². The zero-order valence-corrected chi connectivity index (χ0v) is 19.4. The number of hydrogen-bond donors (Lipinski definition) is 0. The minimum Gasteiger partial charge on any atom is -0.436 e. The number of piperazine rings is 1. The second-order valence-corrected chi connectivity index (χ2v) is 8.53. The Hall–Kier alpha value is -3.19. The van der Waals surface area contributed by atoms with Crippen molar-refractivity contribution in [2.24, 2.45) is 0 Å². The summed E-state index contributed by atoms with van der Waals surface area (Å²) in [5.41, 5.74) is 1.05. The molecule has 3 aromatic rings. The van der Waals surface area contributed by atoms with Gasteiger partial charge in [-0.05, 0) is 37.1 Å². The van der Waals surface area contributed by atoms with E-state index in [1.807, 2.05) is 49.1 Å². The molecule has 1 fully saturated rings. The Kier molecular flexibility index (Phi) is 7.08. The number of hydrogen-bond acceptors (Lipinski definition) is 5. The summed E-state index contributed by atoms with van der Waals surface area (Å²) >= 11 is 5.80. The predicted octanol–water partition coefficient (Wildman–Crippen LogP) is 5.29. The number of ether oxygens (including phenoxy) is 1. The molecule has 0 spiro atoms. The lowest BCUT2D eigenvalue weighted by Gasteiger charge is -2.41. The molecule has 0 aliphatic carbocycles. The van der Waals surface area contributed by atoms with Crippen molar-refractivity contribution in [2.45, 2.75) is 32.2 Å². The summed E-state index contributed by atoms with van der Waals surface area (Å²) < 4.78 is 19.7. The van der Waals surface area contributed by atoms with Gasteiger partial charge in [-0.3, -0.25) is 4.79 Å². The molecule has 2 unspecified atom stereocenters. The molecule has 0 saturated carbocycles. The van der Waals surface area contributed by atoms with Crippen LogP contribution in [0.3, 0.4) is 0 Å². The van der Waals surface area contributed by atoms with Crippen LogP contribution in [0.4, 0.5) is 10.2 Å². The van der Waals surface area contributed by atoms with Gasteiger partial charge in [0, 0.05) is 36.8 Å². The van der Waals surface area contributed by atoms with Gasteiger partial charge < -0.3 is 14.5 Å². The first-order valence-corrected chi connectivity index (χ1v) is 11.4. The number of amides is 1. The Balaban J connectivity index is 1.44. The van der Waals surface area contributed by atoms with Crippen LogP contribution >= 0.6 is 11.6 Å². The maximum Gasteiger partial charge on any atom is 0.230 e. The standard InChI is InChI=1S/C25H26ClFN4O2/c1-3-20(18-7-5-4-6-8-18)25(32)31-12-11-30(15-17(31)2)23-14-24(29-16-28-23)33-22-10-9-19(26)13-21(22)27/h4-10,13-14,16-17,20H,3,11-12,15H2,1-2H3. The van der Waals surface area contributed by atoms with Gasteiger partial charge in [0.15, 0.2) is 11.6 Å². The van der Waals surface area contributed by atoms with Gasteiger partial charge in [0.05, 0.1) is 5.92 Å². The summed E-state index contributed by atoms with van der Waals surface area (Å²) in [7, 11) is 0. The molecule has 2 aromatic carbocycles. The van der Waals surface area contributed by atoms with Gasteiger partial charge in [-0.1, -0.05) is 48.9 Å². The fourth-order valence-electron chi connectivity index (χ4n) is 4.16. The van der Waals surface area contributed by atoms with Crippen LogP contribution in [0.1, 0.15) is 31.7 Å². The second kappa shape index (κ2) is 10.2. The van der Waals surface area contributed by atoms with E-state index in [9.17, 15) is 9.18 Å². The molecule has 0 radical (unpaired) electrons. The highest BCUT2D eigenvalue weighted by molar-refractivity contribution is 6.30. The van der Waals surface area contributed by atoms with Crippen LogP contribution in [0, 0.1) is 5.82 Å². The number of nitrogens with zero attached hydrogens (tertiary/aromatic N) is 4. The zero-order chi connectivity index (χ0) is 23.4. The quantitative estimate of drug-likeness (QED) is 0.491. The van der Waals surface area contributed by atoms with E-state index in [0.717, 1.165) is 12.0 Å². The van der Waals surface area contributed by atoms with E-state index in [1.54, 1.807) is 12.1 Å². The van der Waals surface area contributed by atoms with Crippen molar-refractivity contribution in [2.75, 3.05) is 24.5 Å². The van der Waals surface area contributed by atoms with Gasteiger partial charge in [0.25, 0.3) is 0 Å². The van der Waals surface area contributed by atoms with Crippen molar-refractivity contribution in [3.05, 3.63) is 77.3 Å². The summed E-state index contributed by atoms with van der Waals surface area (Å²) in [5.74, 6) is 0.395. The molecule has 1 aliphatic rings. The van der Waals surface area contributed by atoms with E-state index < -0.39 is 5.82 Å². The van der Waals surface area contributed by atoms with Crippen LogP contribution < -0.4 is 9.64 Å². The van der Waals surface area contributed by atoms with Gasteiger partial charge in [-0.2, -0.15) is 0 Å². The van der Waals surface area contributed by atoms with Crippen molar-refractivity contribution in [3.63, 3.8) is 0 Å². The minimum absolute atomic E-state index is 0.0112. The highest BCUT2D eigenvalue weighted by atomic mass is 35.5. The molecule has 4 rings (SSSR count). The summed E-state index contributed by atoms with van der Waals surface area (Å²) in [4.78, 5) is 25.8. The van der Waals surface area contributed by atoms with E-state index in [1.165, 1.54) is 18.5 Å². The van der Waals surface area contributed by atoms with Crippen LogP contribution in [-0.4, -0.2) is 46.5 Å². The Morgan fingerprint density at radius 2 is 1.97 bits per heavy atom. The van der Waals surface area contributed by atoms with Gasteiger partial charge in [-0.15, -0.1) is 0 Å². The SMILES string of the molecule is CCC(C(=O)N1CCN(c2cc(Oc3ccc(Cl)cc3F)ncn2)CC1C)c1ccccc1. The van der Waals surface area contributed by atoms with Crippen LogP contribution in [0.2, 0.25) is 5.02 Å². The molecular weight excluding hydrogens is 443 g/mol. The summed E-state index contributed by atoms with van der Waals surface area (Å²) in [5, 5.41) is 0.294. The fourth-order valence-corrected chi connectivity index (χ4v) is 4.32. The molecule has 172 valence electrons. The Morgan fingerprint density at radius 1 is 1.18 bits per heavy atom. The third-order valence-electron chi connectivity index (χ3n) is 5.88. The molecule has 0 bridgehead atoms.